The molecule has 0 aliphatic carbocycles. The molecular formula is C16H26N4O. The summed E-state index contributed by atoms with van der Waals surface area (Å²) in [4.78, 5) is 9.70. The molecule has 0 atom stereocenters. The van der Waals surface area contributed by atoms with E-state index in [0.29, 0.717) is 0 Å². The molecule has 2 aliphatic heterocycles. The van der Waals surface area contributed by atoms with E-state index >= 15 is 0 Å². The van der Waals surface area contributed by atoms with Crippen LogP contribution in [0.3, 0.4) is 0 Å². The van der Waals surface area contributed by atoms with E-state index < -0.39 is 0 Å². The molecule has 1 aromatic heterocycles. The molecule has 116 valence electrons. The molecule has 21 heavy (non-hydrogen) atoms. The maximum Gasteiger partial charge on any atom is 0.128 e. The summed E-state index contributed by atoms with van der Waals surface area (Å²) < 4.78 is 5.49. The molecule has 2 saturated heterocycles. The van der Waals surface area contributed by atoms with E-state index in [1.54, 1.807) is 7.11 Å². The maximum absolute atomic E-state index is 5.49. The lowest BCUT2D eigenvalue weighted by Gasteiger charge is -2.46. The predicted molar refractivity (Wildman–Crippen MR) is 83.8 cm³/mol. The summed E-state index contributed by atoms with van der Waals surface area (Å²) in [5, 5.41) is 3.42. The third-order valence-corrected chi connectivity index (χ3v) is 4.73. The van der Waals surface area contributed by atoms with Crippen molar-refractivity contribution in [2.45, 2.75) is 26.4 Å². The van der Waals surface area contributed by atoms with E-state index in [4.69, 9.17) is 4.74 Å². The van der Waals surface area contributed by atoms with Crippen molar-refractivity contribution in [2.75, 3.05) is 46.4 Å². The Morgan fingerprint density at radius 3 is 2.67 bits per heavy atom. The monoisotopic (exact) mass is 290 g/mol. The molecular weight excluding hydrogens is 264 g/mol. The smallest absolute Gasteiger partial charge is 0.128 e. The zero-order valence-corrected chi connectivity index (χ0v) is 13.4. The molecule has 2 aliphatic rings. The van der Waals surface area contributed by atoms with Crippen LogP contribution in [-0.2, 0) is 6.54 Å². The van der Waals surface area contributed by atoms with Gasteiger partial charge in [-0.25, -0.2) is 0 Å². The van der Waals surface area contributed by atoms with Crippen molar-refractivity contribution < 1.29 is 4.74 Å². The Balaban J connectivity index is 1.57. The van der Waals surface area contributed by atoms with Gasteiger partial charge in [-0.05, 0) is 13.8 Å². The van der Waals surface area contributed by atoms with E-state index in [1.807, 2.05) is 13.1 Å². The van der Waals surface area contributed by atoms with E-state index in [0.717, 1.165) is 55.8 Å². The largest absolute Gasteiger partial charge is 0.496 e. The molecule has 3 rings (SSSR count). The number of aryl methyl sites for hydroxylation is 1. The first-order chi connectivity index (χ1) is 10.2. The van der Waals surface area contributed by atoms with Gasteiger partial charge < -0.3 is 10.1 Å². The first kappa shape index (κ1) is 14.8. The quantitative estimate of drug-likeness (QED) is 0.888. The summed E-state index contributed by atoms with van der Waals surface area (Å²) in [7, 11) is 1.74. The van der Waals surface area contributed by atoms with Gasteiger partial charge in [-0.3, -0.25) is 14.8 Å². The van der Waals surface area contributed by atoms with E-state index in [-0.39, 0.29) is 0 Å². The SMILES string of the molecule is COc1c(C)cnc(CN2CC(N3CCNCC3)C2)c1C. The fraction of sp³-hybridized carbons (Fsp3) is 0.688. The fourth-order valence-electron chi connectivity index (χ4n) is 3.39. The van der Waals surface area contributed by atoms with Crippen LogP contribution >= 0.6 is 0 Å². The predicted octanol–water partition coefficient (Wildman–Crippen LogP) is 0.796. The Bertz CT molecular complexity index is 493. The molecule has 2 fully saturated rings. The van der Waals surface area contributed by atoms with Crippen molar-refractivity contribution in [3.63, 3.8) is 0 Å². The first-order valence-electron chi connectivity index (χ1n) is 7.85. The van der Waals surface area contributed by atoms with Gasteiger partial charge in [-0.15, -0.1) is 0 Å². The summed E-state index contributed by atoms with van der Waals surface area (Å²) in [6, 6.07) is 0.736. The number of hydrogen-bond acceptors (Lipinski definition) is 5. The van der Waals surface area contributed by atoms with Crippen molar-refractivity contribution in [3.8, 4) is 5.75 Å². The normalized spacial score (nSPS) is 21.3. The number of pyridine rings is 1. The second kappa shape index (κ2) is 6.30. The molecule has 0 bridgehead atoms. The van der Waals surface area contributed by atoms with Gasteiger partial charge in [0.05, 0.1) is 12.8 Å². The van der Waals surface area contributed by atoms with Gasteiger partial charge in [0.2, 0.25) is 0 Å². The minimum Gasteiger partial charge on any atom is -0.496 e. The van der Waals surface area contributed by atoms with Crippen LogP contribution in [0.2, 0.25) is 0 Å². The Morgan fingerprint density at radius 2 is 2.00 bits per heavy atom. The topological polar surface area (TPSA) is 40.6 Å². The van der Waals surface area contributed by atoms with Crippen molar-refractivity contribution >= 4 is 0 Å². The van der Waals surface area contributed by atoms with Gasteiger partial charge in [-0.1, -0.05) is 0 Å². The number of ether oxygens (including phenoxy) is 1. The molecule has 3 heterocycles. The second-order valence-corrected chi connectivity index (χ2v) is 6.18. The summed E-state index contributed by atoms with van der Waals surface area (Å²) in [5.41, 5.74) is 3.44. The number of nitrogens with zero attached hydrogens (tertiary/aromatic N) is 3. The van der Waals surface area contributed by atoms with Gasteiger partial charge in [0, 0.05) is 69.2 Å². The average molecular weight is 290 g/mol. The molecule has 0 spiro atoms. The average Bonchev–Trinajstić information content (AvgIpc) is 2.46. The highest BCUT2D eigenvalue weighted by Crippen LogP contribution is 2.26. The zero-order valence-electron chi connectivity index (χ0n) is 13.4. The van der Waals surface area contributed by atoms with Gasteiger partial charge in [0.1, 0.15) is 5.75 Å². The number of aromatic nitrogens is 1. The third kappa shape index (κ3) is 3.05. The van der Waals surface area contributed by atoms with Crippen LogP contribution in [0.25, 0.3) is 0 Å². The fourth-order valence-corrected chi connectivity index (χ4v) is 3.39. The summed E-state index contributed by atoms with van der Waals surface area (Å²) in [6.45, 7) is 12.1. The number of rotatable bonds is 4. The molecule has 0 unspecified atom stereocenters. The van der Waals surface area contributed by atoms with Crippen molar-refractivity contribution in [3.05, 3.63) is 23.0 Å². The highest BCUT2D eigenvalue weighted by Gasteiger charge is 2.32. The number of nitrogens with one attached hydrogen (secondary N) is 1. The summed E-state index contributed by atoms with van der Waals surface area (Å²) in [5.74, 6) is 0.985. The number of likely N-dealkylation sites (tertiary alicyclic amines) is 1. The maximum atomic E-state index is 5.49. The van der Waals surface area contributed by atoms with E-state index in [2.05, 4.69) is 27.0 Å². The van der Waals surface area contributed by atoms with Gasteiger partial charge in [-0.2, -0.15) is 0 Å². The van der Waals surface area contributed by atoms with Crippen molar-refractivity contribution in [2.24, 2.45) is 0 Å². The van der Waals surface area contributed by atoms with Gasteiger partial charge >= 0.3 is 0 Å². The summed E-state index contributed by atoms with van der Waals surface area (Å²) >= 11 is 0. The van der Waals surface area contributed by atoms with Crippen LogP contribution in [0.5, 0.6) is 5.75 Å². The Hall–Kier alpha value is -1.17. The molecule has 0 saturated carbocycles. The number of piperazine rings is 1. The van der Waals surface area contributed by atoms with E-state index in [9.17, 15) is 0 Å². The summed E-state index contributed by atoms with van der Waals surface area (Å²) in [6.07, 6.45) is 1.93. The molecule has 5 heteroatoms. The van der Waals surface area contributed by atoms with E-state index in [1.165, 1.54) is 18.7 Å². The van der Waals surface area contributed by atoms with Crippen molar-refractivity contribution in [1.29, 1.82) is 0 Å². The second-order valence-electron chi connectivity index (χ2n) is 6.18. The van der Waals surface area contributed by atoms with Crippen LogP contribution in [0.15, 0.2) is 6.20 Å². The molecule has 0 aromatic carbocycles. The third-order valence-electron chi connectivity index (χ3n) is 4.73. The van der Waals surface area contributed by atoms with Gasteiger partial charge in [0.25, 0.3) is 0 Å². The Labute approximate surface area is 127 Å². The number of methoxy groups -OCH3 is 1. The van der Waals surface area contributed by atoms with Crippen LogP contribution in [0.4, 0.5) is 0 Å². The highest BCUT2D eigenvalue weighted by molar-refractivity contribution is 5.41. The molecule has 1 N–H and O–H groups in total. The Kier molecular flexibility index (Phi) is 4.42. The minimum atomic E-state index is 0.736. The lowest BCUT2D eigenvalue weighted by atomic mass is 10.0. The lowest BCUT2D eigenvalue weighted by molar-refractivity contribution is 0.0214. The Morgan fingerprint density at radius 1 is 1.29 bits per heavy atom. The molecule has 1 aromatic rings. The van der Waals surface area contributed by atoms with Crippen molar-refractivity contribution in [1.82, 2.24) is 20.1 Å². The van der Waals surface area contributed by atoms with Crippen LogP contribution in [0, 0.1) is 13.8 Å². The van der Waals surface area contributed by atoms with Crippen LogP contribution < -0.4 is 10.1 Å². The van der Waals surface area contributed by atoms with Crippen LogP contribution in [0.1, 0.15) is 16.8 Å². The molecule has 5 nitrogen and oxygen atoms in total. The number of hydrogen-bond donors (Lipinski definition) is 1. The molecule has 0 amide bonds. The standard InChI is InChI=1S/C16H26N4O/c1-12-8-18-15(13(2)16(12)21-3)11-19-9-14(10-19)20-6-4-17-5-7-20/h8,14,17H,4-7,9-11H2,1-3H3. The van der Waals surface area contributed by atoms with Crippen LogP contribution in [-0.4, -0.2) is 67.2 Å². The van der Waals surface area contributed by atoms with Gasteiger partial charge in [0.15, 0.2) is 0 Å². The highest BCUT2D eigenvalue weighted by atomic mass is 16.5. The zero-order chi connectivity index (χ0) is 14.8. The first-order valence-corrected chi connectivity index (χ1v) is 7.85. The minimum absolute atomic E-state index is 0.736. The molecule has 0 radical (unpaired) electrons. The lowest BCUT2D eigenvalue weighted by Crippen LogP contribution is -2.62.